The monoisotopic (exact) mass is 418 g/mol. The third kappa shape index (κ3) is 5.14. The second kappa shape index (κ2) is 9.35. The Bertz CT molecular complexity index is 1040. The highest BCUT2D eigenvalue weighted by molar-refractivity contribution is 5.95. The van der Waals surface area contributed by atoms with Crippen molar-refractivity contribution in [1.82, 2.24) is 19.8 Å². The molecule has 1 aliphatic heterocycles. The van der Waals surface area contributed by atoms with Crippen LogP contribution in [0.2, 0.25) is 0 Å². The van der Waals surface area contributed by atoms with Crippen molar-refractivity contribution in [2.24, 2.45) is 0 Å². The molecule has 1 N–H and O–H groups in total. The fourth-order valence-electron chi connectivity index (χ4n) is 4.12. The van der Waals surface area contributed by atoms with Crippen LogP contribution in [0.1, 0.15) is 40.0 Å². The van der Waals surface area contributed by atoms with Crippen molar-refractivity contribution in [3.8, 4) is 11.4 Å². The van der Waals surface area contributed by atoms with Gasteiger partial charge in [-0.15, -0.1) is 0 Å². The Labute approximate surface area is 183 Å². The lowest BCUT2D eigenvalue weighted by Crippen LogP contribution is -2.47. The van der Waals surface area contributed by atoms with Crippen LogP contribution in [0.25, 0.3) is 5.69 Å². The number of benzene rings is 2. The zero-order valence-electron chi connectivity index (χ0n) is 18.5. The quantitative estimate of drug-likeness (QED) is 0.660. The summed E-state index contributed by atoms with van der Waals surface area (Å²) in [6.45, 7) is 6.89. The second-order valence-electron chi connectivity index (χ2n) is 8.34. The van der Waals surface area contributed by atoms with E-state index in [0.29, 0.717) is 11.3 Å². The molecule has 0 radical (unpaired) electrons. The highest BCUT2D eigenvalue weighted by Crippen LogP contribution is 2.25. The number of carbonyl (C=O) groups excluding carboxylic acids is 1. The Morgan fingerprint density at radius 2 is 2.00 bits per heavy atom. The molecule has 3 aromatic rings. The number of amides is 1. The Morgan fingerprint density at radius 3 is 2.71 bits per heavy atom. The fraction of sp³-hybridized carbons (Fsp3) is 0.360. The average molecular weight is 419 g/mol. The zero-order chi connectivity index (χ0) is 21.8. The first kappa shape index (κ1) is 21.1. The number of ether oxygens (including phenoxy) is 1. The first-order chi connectivity index (χ1) is 15.0. The van der Waals surface area contributed by atoms with E-state index in [0.717, 1.165) is 43.9 Å². The van der Waals surface area contributed by atoms with Crippen molar-refractivity contribution >= 4 is 5.91 Å². The molecule has 0 bridgehead atoms. The van der Waals surface area contributed by atoms with Crippen molar-refractivity contribution in [1.29, 1.82) is 0 Å². The van der Waals surface area contributed by atoms with Crippen LogP contribution in [-0.4, -0.2) is 46.6 Å². The normalized spacial score (nSPS) is 16.8. The Balaban J connectivity index is 1.40. The molecule has 0 saturated carbocycles. The molecule has 6 heteroatoms. The van der Waals surface area contributed by atoms with Gasteiger partial charge >= 0.3 is 0 Å². The number of nitrogens with zero attached hydrogens (tertiary/aromatic N) is 3. The first-order valence-corrected chi connectivity index (χ1v) is 10.8. The number of nitrogens with one attached hydrogen (secondary N) is 1. The number of hydrogen-bond acceptors (Lipinski definition) is 4. The van der Waals surface area contributed by atoms with Gasteiger partial charge in [-0.3, -0.25) is 9.69 Å². The lowest BCUT2D eigenvalue weighted by Gasteiger charge is -2.33. The van der Waals surface area contributed by atoms with E-state index in [1.54, 1.807) is 19.5 Å². The van der Waals surface area contributed by atoms with Gasteiger partial charge in [0, 0.05) is 30.9 Å². The second-order valence-corrected chi connectivity index (χ2v) is 8.34. The first-order valence-electron chi connectivity index (χ1n) is 10.8. The third-order valence-corrected chi connectivity index (χ3v) is 5.80. The van der Waals surface area contributed by atoms with Gasteiger partial charge in [0.1, 0.15) is 5.75 Å². The molecule has 4 rings (SSSR count). The largest absolute Gasteiger partial charge is 0.495 e. The molecule has 6 nitrogen and oxygen atoms in total. The number of piperidine rings is 1. The zero-order valence-corrected chi connectivity index (χ0v) is 18.5. The van der Waals surface area contributed by atoms with Crippen LogP contribution >= 0.6 is 0 Å². The van der Waals surface area contributed by atoms with Crippen molar-refractivity contribution < 1.29 is 9.53 Å². The van der Waals surface area contributed by atoms with E-state index in [1.165, 1.54) is 11.1 Å². The number of likely N-dealkylation sites (tertiary alicyclic amines) is 1. The number of methoxy groups -OCH3 is 1. The molecule has 1 atom stereocenters. The highest BCUT2D eigenvalue weighted by Gasteiger charge is 2.22. The summed E-state index contributed by atoms with van der Waals surface area (Å²) in [7, 11) is 1.62. The minimum Gasteiger partial charge on any atom is -0.495 e. The standard InChI is InChI=1S/C25H30N4O2/c1-18-6-8-20(9-7-18)15-28-12-4-5-22(16-28)27-25(30)21-10-11-23(24(13-21)31-3)29-14-19(2)26-17-29/h6-11,13-14,17,22H,4-5,12,15-16H2,1-3H3,(H,27,30)/t22-/m0/s1. The summed E-state index contributed by atoms with van der Waals surface area (Å²) in [6, 6.07) is 14.4. The molecule has 2 heterocycles. The van der Waals surface area contributed by atoms with Crippen molar-refractivity contribution in [3.63, 3.8) is 0 Å². The fourth-order valence-corrected chi connectivity index (χ4v) is 4.12. The van der Waals surface area contributed by atoms with Gasteiger partial charge in [-0.1, -0.05) is 29.8 Å². The van der Waals surface area contributed by atoms with Crippen LogP contribution in [0, 0.1) is 13.8 Å². The number of aromatic nitrogens is 2. The summed E-state index contributed by atoms with van der Waals surface area (Å²) in [6.07, 6.45) is 5.76. The van der Waals surface area contributed by atoms with Gasteiger partial charge in [-0.25, -0.2) is 4.98 Å². The summed E-state index contributed by atoms with van der Waals surface area (Å²) in [5.74, 6) is 0.587. The molecule has 1 fully saturated rings. The van der Waals surface area contributed by atoms with Crippen LogP contribution in [0.3, 0.4) is 0 Å². The van der Waals surface area contributed by atoms with Gasteiger partial charge in [-0.05, 0) is 57.0 Å². The van der Waals surface area contributed by atoms with E-state index in [2.05, 4.69) is 46.4 Å². The lowest BCUT2D eigenvalue weighted by molar-refractivity contribution is 0.0900. The van der Waals surface area contributed by atoms with E-state index in [1.807, 2.05) is 29.8 Å². The topological polar surface area (TPSA) is 59.4 Å². The minimum absolute atomic E-state index is 0.0613. The number of carbonyl (C=O) groups is 1. The molecule has 1 amide bonds. The van der Waals surface area contributed by atoms with Crippen LogP contribution in [0.4, 0.5) is 0 Å². The van der Waals surface area contributed by atoms with E-state index in [4.69, 9.17) is 4.74 Å². The summed E-state index contributed by atoms with van der Waals surface area (Å²) in [4.78, 5) is 19.6. The van der Waals surface area contributed by atoms with E-state index >= 15 is 0 Å². The SMILES string of the molecule is COc1cc(C(=O)N[C@H]2CCCN(Cc3ccc(C)cc3)C2)ccc1-n1cnc(C)c1. The summed E-state index contributed by atoms with van der Waals surface area (Å²) in [5.41, 5.74) is 4.98. The van der Waals surface area contributed by atoms with Gasteiger partial charge in [0.15, 0.2) is 0 Å². The van der Waals surface area contributed by atoms with Gasteiger partial charge in [0.05, 0.1) is 24.8 Å². The number of imidazole rings is 1. The van der Waals surface area contributed by atoms with Crippen molar-refractivity contribution in [3.05, 3.63) is 77.4 Å². The lowest BCUT2D eigenvalue weighted by atomic mass is 10.0. The molecule has 2 aromatic carbocycles. The Hall–Kier alpha value is -3.12. The maximum atomic E-state index is 12.9. The molecule has 162 valence electrons. The van der Waals surface area contributed by atoms with Crippen LogP contribution in [-0.2, 0) is 6.54 Å². The van der Waals surface area contributed by atoms with Crippen molar-refractivity contribution in [2.75, 3.05) is 20.2 Å². The smallest absolute Gasteiger partial charge is 0.251 e. The van der Waals surface area contributed by atoms with E-state index in [9.17, 15) is 4.79 Å². The Kier molecular flexibility index (Phi) is 6.37. The molecular weight excluding hydrogens is 388 g/mol. The predicted molar refractivity (Wildman–Crippen MR) is 122 cm³/mol. The molecule has 0 unspecified atom stereocenters. The molecule has 0 spiro atoms. The molecule has 0 aliphatic carbocycles. The maximum Gasteiger partial charge on any atom is 0.251 e. The van der Waals surface area contributed by atoms with Gasteiger partial charge in [0.25, 0.3) is 5.91 Å². The molecule has 1 aliphatic rings. The average Bonchev–Trinajstić information content (AvgIpc) is 3.21. The van der Waals surface area contributed by atoms with E-state index < -0.39 is 0 Å². The van der Waals surface area contributed by atoms with Crippen LogP contribution in [0.15, 0.2) is 55.0 Å². The molecule has 31 heavy (non-hydrogen) atoms. The Morgan fingerprint density at radius 1 is 1.19 bits per heavy atom. The third-order valence-electron chi connectivity index (χ3n) is 5.80. The number of hydrogen-bond donors (Lipinski definition) is 1. The van der Waals surface area contributed by atoms with E-state index in [-0.39, 0.29) is 11.9 Å². The highest BCUT2D eigenvalue weighted by atomic mass is 16.5. The van der Waals surface area contributed by atoms with Crippen molar-refractivity contribution in [2.45, 2.75) is 39.3 Å². The minimum atomic E-state index is -0.0613. The molecular formula is C25H30N4O2. The summed E-state index contributed by atoms with van der Waals surface area (Å²) in [5, 5.41) is 3.22. The van der Waals surface area contributed by atoms with Gasteiger partial charge in [0.2, 0.25) is 0 Å². The van der Waals surface area contributed by atoms with Crippen LogP contribution in [0.5, 0.6) is 5.75 Å². The number of aryl methyl sites for hydroxylation is 2. The van der Waals surface area contributed by atoms with Crippen LogP contribution < -0.4 is 10.1 Å². The number of rotatable bonds is 6. The molecule has 1 saturated heterocycles. The van der Waals surface area contributed by atoms with Gasteiger partial charge < -0.3 is 14.6 Å². The molecule has 1 aromatic heterocycles. The maximum absolute atomic E-state index is 12.9. The summed E-state index contributed by atoms with van der Waals surface area (Å²) < 4.78 is 7.45. The summed E-state index contributed by atoms with van der Waals surface area (Å²) >= 11 is 0. The predicted octanol–water partition coefficient (Wildman–Crippen LogP) is 3.89. The van der Waals surface area contributed by atoms with Gasteiger partial charge in [-0.2, -0.15) is 0 Å².